The first-order valence-electron chi connectivity index (χ1n) is 9.79. The number of carbonyl (C=O) groups excluding carboxylic acids is 2. The molecule has 1 aromatic heterocycles. The zero-order valence-electron chi connectivity index (χ0n) is 17.0. The van der Waals surface area contributed by atoms with Gasteiger partial charge in [0, 0.05) is 18.8 Å². The Balaban J connectivity index is 1.66. The predicted octanol–water partition coefficient (Wildman–Crippen LogP) is 3.08. The van der Waals surface area contributed by atoms with Crippen LogP contribution in [0.3, 0.4) is 0 Å². The van der Waals surface area contributed by atoms with Gasteiger partial charge in [0.05, 0.1) is 17.1 Å². The minimum absolute atomic E-state index is 0.0204. The van der Waals surface area contributed by atoms with Gasteiger partial charge in [-0.25, -0.2) is 13.4 Å². The summed E-state index contributed by atoms with van der Waals surface area (Å²) >= 11 is 1.27. The maximum Gasteiger partial charge on any atom is 0.324 e. The van der Waals surface area contributed by atoms with Crippen molar-refractivity contribution in [2.75, 3.05) is 17.2 Å². The molecule has 3 rings (SSSR count). The van der Waals surface area contributed by atoms with Gasteiger partial charge in [0.2, 0.25) is 15.9 Å². The van der Waals surface area contributed by atoms with Crippen LogP contribution in [0.4, 0.5) is 10.8 Å². The zero-order valence-corrected chi connectivity index (χ0v) is 18.6. The Morgan fingerprint density at radius 1 is 1.30 bits per heavy atom. The molecule has 1 atom stereocenters. The molecule has 0 N–H and O–H groups in total. The summed E-state index contributed by atoms with van der Waals surface area (Å²) < 4.78 is 31.4. The minimum Gasteiger partial charge on any atom is -0.458 e. The van der Waals surface area contributed by atoms with E-state index in [0.29, 0.717) is 42.3 Å². The van der Waals surface area contributed by atoms with Crippen molar-refractivity contribution >= 4 is 44.1 Å². The number of hydrogen-bond acceptors (Lipinski definition) is 7. The largest absolute Gasteiger partial charge is 0.458 e. The molecule has 162 valence electrons. The molecule has 0 aliphatic carbocycles. The summed E-state index contributed by atoms with van der Waals surface area (Å²) in [4.78, 5) is 30.6. The van der Waals surface area contributed by atoms with E-state index in [1.54, 1.807) is 12.3 Å². The van der Waals surface area contributed by atoms with Crippen molar-refractivity contribution < 1.29 is 22.7 Å². The number of thiazole rings is 1. The Labute approximate surface area is 180 Å². The second-order valence-corrected chi connectivity index (χ2v) is 9.88. The van der Waals surface area contributed by atoms with Gasteiger partial charge in [-0.15, -0.1) is 11.3 Å². The van der Waals surface area contributed by atoms with E-state index in [0.717, 1.165) is 0 Å². The van der Waals surface area contributed by atoms with E-state index in [-0.39, 0.29) is 18.3 Å². The van der Waals surface area contributed by atoms with Crippen LogP contribution in [0.1, 0.15) is 38.8 Å². The number of para-hydroxylation sites is 1. The molecule has 1 aromatic carbocycles. The molecule has 30 heavy (non-hydrogen) atoms. The van der Waals surface area contributed by atoms with E-state index in [1.807, 2.05) is 30.3 Å². The van der Waals surface area contributed by atoms with E-state index >= 15 is 0 Å². The monoisotopic (exact) mass is 451 g/mol. The van der Waals surface area contributed by atoms with Gasteiger partial charge >= 0.3 is 5.97 Å². The van der Waals surface area contributed by atoms with Crippen LogP contribution in [0.25, 0.3) is 0 Å². The number of amides is 1. The van der Waals surface area contributed by atoms with E-state index in [1.165, 1.54) is 27.5 Å². The number of aromatic nitrogens is 1. The zero-order chi connectivity index (χ0) is 21.7. The number of benzene rings is 1. The molecule has 0 spiro atoms. The summed E-state index contributed by atoms with van der Waals surface area (Å²) in [7, 11) is -3.46. The number of hydrogen-bond donors (Lipinski definition) is 0. The Bertz CT molecular complexity index is 991. The SMILES string of the molecule is CCCS(=O)(=O)N1CCC[C@H]1C(=O)OCc1csc(N(C(C)=O)c2ccccc2)n1. The van der Waals surface area contributed by atoms with Gasteiger partial charge in [0.25, 0.3) is 0 Å². The number of ether oxygens (including phenoxy) is 1. The standard InChI is InChI=1S/C20H25N3O5S2/c1-3-12-30(26,27)22-11-7-10-18(22)19(25)28-13-16-14-29-20(21-16)23(15(2)24)17-8-5-4-6-9-17/h4-6,8-9,14,18H,3,7,10-13H2,1-2H3/t18-/m0/s1. The fraction of sp³-hybridized carbons (Fsp3) is 0.450. The summed E-state index contributed by atoms with van der Waals surface area (Å²) in [6, 6.07) is 8.38. The highest BCUT2D eigenvalue weighted by Crippen LogP contribution is 2.29. The summed E-state index contributed by atoms with van der Waals surface area (Å²) in [6.45, 7) is 3.52. The van der Waals surface area contributed by atoms with Crippen LogP contribution in [-0.2, 0) is 31.0 Å². The first-order chi connectivity index (χ1) is 14.3. The van der Waals surface area contributed by atoms with Crippen molar-refractivity contribution in [3.63, 3.8) is 0 Å². The molecule has 2 heterocycles. The van der Waals surface area contributed by atoms with Crippen LogP contribution in [0.2, 0.25) is 0 Å². The maximum atomic E-state index is 12.5. The third kappa shape index (κ3) is 5.05. The fourth-order valence-corrected chi connectivity index (χ4v) is 6.00. The Morgan fingerprint density at radius 2 is 2.03 bits per heavy atom. The maximum absolute atomic E-state index is 12.5. The third-order valence-electron chi connectivity index (χ3n) is 4.72. The van der Waals surface area contributed by atoms with E-state index in [4.69, 9.17) is 4.74 Å². The molecule has 0 bridgehead atoms. The molecule has 0 radical (unpaired) electrons. The lowest BCUT2D eigenvalue weighted by atomic mass is 10.2. The van der Waals surface area contributed by atoms with Crippen LogP contribution in [0, 0.1) is 0 Å². The van der Waals surface area contributed by atoms with Gasteiger partial charge < -0.3 is 4.74 Å². The highest BCUT2D eigenvalue weighted by molar-refractivity contribution is 7.89. The quantitative estimate of drug-likeness (QED) is 0.572. The fourth-order valence-electron chi connectivity index (χ4n) is 3.39. The number of sulfonamides is 1. The summed E-state index contributed by atoms with van der Waals surface area (Å²) in [6.07, 6.45) is 1.58. The van der Waals surface area contributed by atoms with Gasteiger partial charge in [-0.05, 0) is 31.4 Å². The molecule has 1 amide bonds. The van der Waals surface area contributed by atoms with Gasteiger partial charge in [-0.1, -0.05) is 25.1 Å². The molecular formula is C20H25N3O5S2. The number of esters is 1. The Morgan fingerprint density at radius 3 is 2.70 bits per heavy atom. The lowest BCUT2D eigenvalue weighted by Gasteiger charge is -2.22. The molecule has 8 nitrogen and oxygen atoms in total. The Hall–Kier alpha value is -2.30. The van der Waals surface area contributed by atoms with Crippen LogP contribution in [-0.4, -0.2) is 47.9 Å². The lowest BCUT2D eigenvalue weighted by molar-refractivity contribution is -0.148. The number of nitrogens with zero attached hydrogens (tertiary/aromatic N) is 3. The minimum atomic E-state index is -3.46. The highest BCUT2D eigenvalue weighted by atomic mass is 32.2. The summed E-state index contributed by atoms with van der Waals surface area (Å²) in [5, 5.41) is 2.20. The van der Waals surface area contributed by atoms with Crippen LogP contribution in [0.15, 0.2) is 35.7 Å². The van der Waals surface area contributed by atoms with Gasteiger partial charge in [0.15, 0.2) is 5.13 Å². The van der Waals surface area contributed by atoms with E-state index in [2.05, 4.69) is 4.98 Å². The molecule has 2 aromatic rings. The molecule has 0 saturated carbocycles. The molecule has 0 unspecified atom stereocenters. The second kappa shape index (κ2) is 9.67. The average Bonchev–Trinajstić information content (AvgIpc) is 3.37. The lowest BCUT2D eigenvalue weighted by Crippen LogP contribution is -2.42. The van der Waals surface area contributed by atoms with Gasteiger partial charge in [-0.3, -0.25) is 14.5 Å². The van der Waals surface area contributed by atoms with Crippen LogP contribution >= 0.6 is 11.3 Å². The summed E-state index contributed by atoms with van der Waals surface area (Å²) in [5.41, 5.74) is 1.21. The molecule has 1 fully saturated rings. The molecule has 1 aliphatic heterocycles. The smallest absolute Gasteiger partial charge is 0.324 e. The van der Waals surface area contributed by atoms with Crippen molar-refractivity contribution in [1.82, 2.24) is 9.29 Å². The average molecular weight is 452 g/mol. The normalized spacial score (nSPS) is 17.1. The molecule has 1 saturated heterocycles. The third-order valence-corrected chi connectivity index (χ3v) is 7.67. The first-order valence-corrected chi connectivity index (χ1v) is 12.3. The van der Waals surface area contributed by atoms with Crippen LogP contribution < -0.4 is 4.90 Å². The second-order valence-electron chi connectivity index (χ2n) is 7.00. The first kappa shape index (κ1) is 22.4. The molecule has 1 aliphatic rings. The van der Waals surface area contributed by atoms with E-state index < -0.39 is 22.0 Å². The van der Waals surface area contributed by atoms with Crippen molar-refractivity contribution in [1.29, 1.82) is 0 Å². The molecule has 10 heteroatoms. The van der Waals surface area contributed by atoms with Gasteiger partial charge in [0.1, 0.15) is 12.6 Å². The van der Waals surface area contributed by atoms with Crippen molar-refractivity contribution in [3.05, 3.63) is 41.4 Å². The Kier molecular flexibility index (Phi) is 7.22. The van der Waals surface area contributed by atoms with Crippen molar-refractivity contribution in [3.8, 4) is 0 Å². The highest BCUT2D eigenvalue weighted by Gasteiger charge is 2.39. The number of rotatable bonds is 8. The topological polar surface area (TPSA) is 96.9 Å². The molecular weight excluding hydrogens is 426 g/mol. The number of anilines is 2. The van der Waals surface area contributed by atoms with Crippen LogP contribution in [0.5, 0.6) is 0 Å². The van der Waals surface area contributed by atoms with Gasteiger partial charge in [-0.2, -0.15) is 4.31 Å². The predicted molar refractivity (Wildman–Crippen MR) is 115 cm³/mol. The van der Waals surface area contributed by atoms with E-state index in [9.17, 15) is 18.0 Å². The van der Waals surface area contributed by atoms with Crippen molar-refractivity contribution in [2.24, 2.45) is 0 Å². The van der Waals surface area contributed by atoms with Crippen molar-refractivity contribution in [2.45, 2.75) is 45.8 Å². The number of carbonyl (C=O) groups is 2. The summed E-state index contributed by atoms with van der Waals surface area (Å²) in [5.74, 6) is -0.720.